The Balaban J connectivity index is 1.55. The Hall–Kier alpha value is -2.25. The fourth-order valence-electron chi connectivity index (χ4n) is 3.29. The largest absolute Gasteiger partial charge is 0.421 e. The van der Waals surface area contributed by atoms with E-state index in [4.69, 9.17) is 4.42 Å². The normalized spacial score (nSPS) is 17.0. The summed E-state index contributed by atoms with van der Waals surface area (Å²) in [6.07, 6.45) is 0.983. The molecule has 1 saturated heterocycles. The van der Waals surface area contributed by atoms with Crippen molar-refractivity contribution in [2.45, 2.75) is 13.0 Å². The predicted molar refractivity (Wildman–Crippen MR) is 92.1 cm³/mol. The highest BCUT2D eigenvalue weighted by molar-refractivity contribution is 6.00. The van der Waals surface area contributed by atoms with Crippen LogP contribution in [0, 0.1) is 0 Å². The van der Waals surface area contributed by atoms with E-state index in [1.165, 1.54) is 0 Å². The second-order valence-electron chi connectivity index (χ2n) is 6.39. The first kappa shape index (κ1) is 15.3. The Bertz CT molecular complexity index is 908. The third-order valence-electron chi connectivity index (χ3n) is 4.71. The van der Waals surface area contributed by atoms with Gasteiger partial charge in [-0.15, -0.1) is 5.10 Å². The standard InChI is InChI=1S/C17H21N5O2/c1-20-9-11-21(12-10-20)7-4-8-22-16-13-5-2-3-6-14(13)24-17(23)15(16)18-19-22/h2-3,5-6H,4,7-12H2,1H3. The first-order chi connectivity index (χ1) is 11.7. The van der Waals surface area contributed by atoms with Gasteiger partial charge in [-0.25, -0.2) is 9.48 Å². The number of benzene rings is 1. The molecule has 0 amide bonds. The molecule has 0 radical (unpaired) electrons. The minimum atomic E-state index is -0.422. The summed E-state index contributed by atoms with van der Waals surface area (Å²) in [6.45, 7) is 6.25. The summed E-state index contributed by atoms with van der Waals surface area (Å²) >= 11 is 0. The van der Waals surface area contributed by atoms with Crippen LogP contribution in [0.3, 0.4) is 0 Å². The Kier molecular flexibility index (Phi) is 4.03. The summed E-state index contributed by atoms with van der Waals surface area (Å²) in [5.74, 6) is 0. The van der Waals surface area contributed by atoms with Crippen molar-refractivity contribution < 1.29 is 4.42 Å². The molecule has 0 N–H and O–H groups in total. The second kappa shape index (κ2) is 6.33. The van der Waals surface area contributed by atoms with Gasteiger partial charge in [0.2, 0.25) is 0 Å². The molecule has 2 aromatic heterocycles. The van der Waals surface area contributed by atoms with Crippen LogP contribution in [0.5, 0.6) is 0 Å². The van der Waals surface area contributed by atoms with Crippen LogP contribution in [0.25, 0.3) is 22.0 Å². The summed E-state index contributed by atoms with van der Waals surface area (Å²) in [5.41, 5.74) is 1.25. The highest BCUT2D eigenvalue weighted by Crippen LogP contribution is 2.21. The van der Waals surface area contributed by atoms with Crippen molar-refractivity contribution in [3.8, 4) is 0 Å². The maximum absolute atomic E-state index is 12.1. The lowest BCUT2D eigenvalue weighted by atomic mass is 10.2. The van der Waals surface area contributed by atoms with Crippen molar-refractivity contribution in [1.29, 1.82) is 0 Å². The zero-order valence-electron chi connectivity index (χ0n) is 13.8. The molecule has 1 aromatic carbocycles. The Morgan fingerprint density at radius 1 is 1.12 bits per heavy atom. The number of rotatable bonds is 4. The van der Waals surface area contributed by atoms with Crippen LogP contribution in [0.1, 0.15) is 6.42 Å². The van der Waals surface area contributed by atoms with Gasteiger partial charge >= 0.3 is 5.63 Å². The van der Waals surface area contributed by atoms with E-state index < -0.39 is 5.63 Å². The van der Waals surface area contributed by atoms with E-state index in [0.717, 1.165) is 56.6 Å². The average molecular weight is 327 g/mol. The Morgan fingerprint density at radius 3 is 2.75 bits per heavy atom. The van der Waals surface area contributed by atoms with E-state index in [0.29, 0.717) is 11.1 Å². The molecule has 7 nitrogen and oxygen atoms in total. The zero-order valence-corrected chi connectivity index (χ0v) is 13.8. The van der Waals surface area contributed by atoms with Crippen LogP contribution < -0.4 is 5.63 Å². The molecule has 0 atom stereocenters. The lowest BCUT2D eigenvalue weighted by Gasteiger charge is -2.32. The first-order valence-electron chi connectivity index (χ1n) is 8.38. The number of nitrogens with zero attached hydrogens (tertiary/aromatic N) is 5. The highest BCUT2D eigenvalue weighted by atomic mass is 16.4. The van der Waals surface area contributed by atoms with Crippen LogP contribution in [-0.4, -0.2) is 64.6 Å². The number of aromatic nitrogens is 3. The van der Waals surface area contributed by atoms with Gasteiger partial charge < -0.3 is 14.2 Å². The van der Waals surface area contributed by atoms with Crippen molar-refractivity contribution in [3.63, 3.8) is 0 Å². The Morgan fingerprint density at radius 2 is 1.92 bits per heavy atom. The van der Waals surface area contributed by atoms with Crippen LogP contribution in [0.4, 0.5) is 0 Å². The quantitative estimate of drug-likeness (QED) is 0.670. The summed E-state index contributed by atoms with van der Waals surface area (Å²) in [7, 11) is 2.16. The maximum atomic E-state index is 12.1. The molecule has 1 fully saturated rings. The zero-order chi connectivity index (χ0) is 16.5. The molecule has 0 unspecified atom stereocenters. The van der Waals surface area contributed by atoms with Crippen LogP contribution >= 0.6 is 0 Å². The molecule has 0 spiro atoms. The SMILES string of the molecule is CN1CCN(CCCn2nnc3c(=O)oc4ccccc4c32)CC1. The van der Waals surface area contributed by atoms with Crippen LogP contribution in [0.2, 0.25) is 0 Å². The topological polar surface area (TPSA) is 67.4 Å². The van der Waals surface area contributed by atoms with E-state index >= 15 is 0 Å². The molecular formula is C17H21N5O2. The smallest absolute Gasteiger partial charge is 0.366 e. The fraction of sp³-hybridized carbons (Fsp3) is 0.471. The van der Waals surface area contributed by atoms with E-state index in [1.807, 2.05) is 22.9 Å². The number of hydrogen-bond donors (Lipinski definition) is 0. The monoisotopic (exact) mass is 327 g/mol. The molecule has 3 heterocycles. The van der Waals surface area contributed by atoms with Crippen molar-refractivity contribution >= 4 is 22.0 Å². The van der Waals surface area contributed by atoms with Gasteiger partial charge in [-0.3, -0.25) is 0 Å². The van der Waals surface area contributed by atoms with Gasteiger partial charge in [0.25, 0.3) is 0 Å². The number of likely N-dealkylation sites (N-methyl/N-ethyl adjacent to an activating group) is 1. The third kappa shape index (κ3) is 2.81. The van der Waals surface area contributed by atoms with Gasteiger partial charge in [-0.2, -0.15) is 0 Å². The van der Waals surface area contributed by atoms with Gasteiger partial charge in [-0.1, -0.05) is 17.3 Å². The number of aryl methyl sites for hydroxylation is 1. The molecule has 126 valence electrons. The van der Waals surface area contributed by atoms with Crippen LogP contribution in [-0.2, 0) is 6.54 Å². The molecule has 7 heteroatoms. The maximum Gasteiger partial charge on any atom is 0.366 e. The van der Waals surface area contributed by atoms with Crippen LogP contribution in [0.15, 0.2) is 33.5 Å². The van der Waals surface area contributed by atoms with Gasteiger partial charge in [0.05, 0.1) is 0 Å². The summed E-state index contributed by atoms with van der Waals surface area (Å²) in [5, 5.41) is 9.10. The second-order valence-corrected chi connectivity index (χ2v) is 6.39. The third-order valence-corrected chi connectivity index (χ3v) is 4.71. The molecular weight excluding hydrogens is 306 g/mol. The molecule has 0 aliphatic carbocycles. The van der Waals surface area contributed by atoms with Crippen molar-refractivity contribution in [3.05, 3.63) is 34.7 Å². The number of piperazine rings is 1. The van der Waals surface area contributed by atoms with Gasteiger partial charge in [0.15, 0.2) is 5.52 Å². The summed E-state index contributed by atoms with van der Waals surface area (Å²) in [4.78, 5) is 16.9. The summed E-state index contributed by atoms with van der Waals surface area (Å²) < 4.78 is 7.15. The first-order valence-corrected chi connectivity index (χ1v) is 8.38. The van der Waals surface area contributed by atoms with Crippen molar-refractivity contribution in [2.24, 2.45) is 0 Å². The summed E-state index contributed by atoms with van der Waals surface area (Å²) in [6, 6.07) is 7.54. The van der Waals surface area contributed by atoms with Crippen molar-refractivity contribution in [1.82, 2.24) is 24.8 Å². The van der Waals surface area contributed by atoms with E-state index in [-0.39, 0.29) is 0 Å². The van der Waals surface area contributed by atoms with Crippen molar-refractivity contribution in [2.75, 3.05) is 39.8 Å². The molecule has 1 aliphatic heterocycles. The average Bonchev–Trinajstić information content (AvgIpc) is 3.02. The van der Waals surface area contributed by atoms with Gasteiger partial charge in [0, 0.05) is 44.7 Å². The number of fused-ring (bicyclic) bond motifs is 3. The molecule has 3 aromatic rings. The van der Waals surface area contributed by atoms with E-state index in [9.17, 15) is 4.79 Å². The minimum absolute atomic E-state index is 0.313. The van der Waals surface area contributed by atoms with E-state index in [2.05, 4.69) is 27.2 Å². The lowest BCUT2D eigenvalue weighted by molar-refractivity contribution is 0.151. The molecule has 1 aliphatic rings. The number of hydrogen-bond acceptors (Lipinski definition) is 6. The van der Waals surface area contributed by atoms with E-state index in [1.54, 1.807) is 6.07 Å². The van der Waals surface area contributed by atoms with Gasteiger partial charge in [0.1, 0.15) is 11.1 Å². The molecule has 4 rings (SSSR count). The predicted octanol–water partition coefficient (Wildman–Crippen LogP) is 1.18. The molecule has 0 saturated carbocycles. The highest BCUT2D eigenvalue weighted by Gasteiger charge is 2.16. The molecule has 24 heavy (non-hydrogen) atoms. The molecule has 0 bridgehead atoms. The number of para-hydroxylation sites is 1. The fourth-order valence-corrected chi connectivity index (χ4v) is 3.29. The minimum Gasteiger partial charge on any atom is -0.421 e. The Labute approximate surface area is 139 Å². The van der Waals surface area contributed by atoms with Gasteiger partial charge in [-0.05, 0) is 25.6 Å². The lowest BCUT2D eigenvalue weighted by Crippen LogP contribution is -2.44.